The van der Waals surface area contributed by atoms with Crippen molar-refractivity contribution in [2.75, 3.05) is 34.9 Å². The molecule has 2 aromatic carbocycles. The van der Waals surface area contributed by atoms with E-state index < -0.39 is 60.4 Å². The molecule has 0 aromatic heterocycles. The van der Waals surface area contributed by atoms with Crippen molar-refractivity contribution in [1.29, 1.82) is 0 Å². The minimum atomic E-state index is -0.948. The standard InChI is InChI=1S/C46H71N5O9/c1-13-30(6)40(49(9)45(56)38(28(2)3)48-44(55)39(29(4)5)50(10)46(57)60-34-23-18-15-19-24-34)36(58-11)27-37(52)51-26-20-25-35(51)42(59-12)31(7)43(54)47-32(8)41(53)33-21-16-14-17-22-33/h14-19,21-24,28-32,35-36,38-42,53H,13,20,25-27H2,1-12H3,(H,47,54)(H,48,55)/t30-,31+,32+,35-,36+,38-,39-,40-,41+,42+/m0/s1. The summed E-state index contributed by atoms with van der Waals surface area (Å²) in [5.74, 6) is -2.33. The normalized spacial score (nSPS) is 18.6. The maximum atomic E-state index is 14.5. The lowest BCUT2D eigenvalue weighted by Crippen LogP contribution is -2.60. The Kier molecular flexibility index (Phi) is 19.5. The van der Waals surface area contributed by atoms with Crippen molar-refractivity contribution in [2.24, 2.45) is 23.7 Å². The Morgan fingerprint density at radius 2 is 1.42 bits per heavy atom. The van der Waals surface area contributed by atoms with Crippen molar-refractivity contribution < 1.29 is 43.3 Å². The van der Waals surface area contributed by atoms with Crippen LogP contribution < -0.4 is 15.4 Å². The first kappa shape index (κ1) is 49.8. The molecule has 1 fully saturated rings. The Morgan fingerprint density at radius 1 is 0.817 bits per heavy atom. The van der Waals surface area contributed by atoms with E-state index in [2.05, 4.69) is 10.6 Å². The number of rotatable bonds is 21. The number of aliphatic hydroxyl groups excluding tert-OH is 1. The molecule has 1 saturated heterocycles. The van der Waals surface area contributed by atoms with Gasteiger partial charge in [0.25, 0.3) is 0 Å². The molecule has 3 N–H and O–H groups in total. The van der Waals surface area contributed by atoms with Gasteiger partial charge in [-0.2, -0.15) is 0 Å². The highest BCUT2D eigenvalue weighted by Crippen LogP contribution is 2.30. The van der Waals surface area contributed by atoms with Gasteiger partial charge in [0.05, 0.1) is 48.8 Å². The second-order valence-corrected chi connectivity index (χ2v) is 17.0. The predicted molar refractivity (Wildman–Crippen MR) is 231 cm³/mol. The summed E-state index contributed by atoms with van der Waals surface area (Å²) in [5, 5.41) is 16.8. The van der Waals surface area contributed by atoms with Gasteiger partial charge in [-0.3, -0.25) is 24.1 Å². The van der Waals surface area contributed by atoms with Crippen molar-refractivity contribution >= 4 is 29.7 Å². The van der Waals surface area contributed by atoms with Crippen LogP contribution in [-0.2, 0) is 28.7 Å². The molecule has 10 atom stereocenters. The number of aliphatic hydroxyl groups is 1. The monoisotopic (exact) mass is 838 g/mol. The SMILES string of the molecule is CC[C@H](C)[C@@H]([C@@H](CC(=O)N1CCC[C@H]1[C@H](OC)[C@@H](C)C(=O)N[C@H](C)[C@@H](O)c1ccccc1)OC)N(C)C(=O)[C@@H](NC(=O)[C@H](C(C)C)N(C)C(=O)Oc1ccccc1)C(C)C. The summed E-state index contributed by atoms with van der Waals surface area (Å²) in [6.45, 7) is 15.3. The van der Waals surface area contributed by atoms with Gasteiger partial charge in [-0.05, 0) is 55.2 Å². The molecule has 0 radical (unpaired) electrons. The first-order valence-corrected chi connectivity index (χ1v) is 21.3. The van der Waals surface area contributed by atoms with E-state index in [1.54, 1.807) is 73.2 Å². The zero-order valence-corrected chi connectivity index (χ0v) is 37.8. The van der Waals surface area contributed by atoms with E-state index in [4.69, 9.17) is 14.2 Å². The first-order valence-electron chi connectivity index (χ1n) is 21.3. The Morgan fingerprint density at radius 3 is 1.95 bits per heavy atom. The van der Waals surface area contributed by atoms with Gasteiger partial charge in [0.1, 0.15) is 17.8 Å². The van der Waals surface area contributed by atoms with Gasteiger partial charge in [0, 0.05) is 34.9 Å². The van der Waals surface area contributed by atoms with Gasteiger partial charge in [-0.1, -0.05) is 103 Å². The van der Waals surface area contributed by atoms with E-state index in [0.29, 0.717) is 30.7 Å². The van der Waals surface area contributed by atoms with Crippen LogP contribution in [0, 0.1) is 23.7 Å². The maximum absolute atomic E-state index is 14.5. The first-order chi connectivity index (χ1) is 28.4. The number of para-hydroxylation sites is 1. The number of nitrogens with zero attached hydrogens (tertiary/aromatic N) is 3. The number of benzene rings is 2. The molecule has 0 bridgehead atoms. The van der Waals surface area contributed by atoms with E-state index in [1.165, 1.54) is 26.2 Å². The van der Waals surface area contributed by atoms with Crippen molar-refractivity contribution in [3.63, 3.8) is 0 Å². The zero-order chi connectivity index (χ0) is 44.8. The second-order valence-electron chi connectivity index (χ2n) is 17.0. The van der Waals surface area contributed by atoms with Gasteiger partial charge in [0.15, 0.2) is 0 Å². The lowest BCUT2D eigenvalue weighted by molar-refractivity contribution is -0.148. The van der Waals surface area contributed by atoms with Crippen molar-refractivity contribution in [3.05, 3.63) is 66.2 Å². The number of hydrogen-bond acceptors (Lipinski definition) is 9. The Hall–Kier alpha value is -4.53. The summed E-state index contributed by atoms with van der Waals surface area (Å²) in [6.07, 6.45) is -0.893. The zero-order valence-electron chi connectivity index (χ0n) is 37.8. The van der Waals surface area contributed by atoms with Crippen LogP contribution in [0.4, 0.5) is 4.79 Å². The molecule has 1 heterocycles. The third kappa shape index (κ3) is 12.7. The van der Waals surface area contributed by atoms with Crippen LogP contribution in [-0.4, -0.2) is 127 Å². The van der Waals surface area contributed by atoms with Crippen molar-refractivity contribution in [2.45, 2.75) is 130 Å². The van der Waals surface area contributed by atoms with E-state index >= 15 is 0 Å². The number of ether oxygens (including phenoxy) is 3. The van der Waals surface area contributed by atoms with E-state index in [1.807, 2.05) is 59.7 Å². The van der Waals surface area contributed by atoms with Gasteiger partial charge in [-0.15, -0.1) is 0 Å². The molecule has 1 aliphatic heterocycles. The van der Waals surface area contributed by atoms with Crippen LogP contribution in [0.2, 0.25) is 0 Å². The van der Waals surface area contributed by atoms with Crippen LogP contribution in [0.15, 0.2) is 60.7 Å². The average molecular weight is 838 g/mol. The molecule has 3 rings (SSSR count). The summed E-state index contributed by atoms with van der Waals surface area (Å²) < 4.78 is 17.5. The van der Waals surface area contributed by atoms with E-state index in [0.717, 1.165) is 6.42 Å². The largest absolute Gasteiger partial charge is 0.415 e. The van der Waals surface area contributed by atoms with Gasteiger partial charge >= 0.3 is 6.09 Å². The molecule has 0 aliphatic carbocycles. The Bertz CT molecular complexity index is 1680. The van der Waals surface area contributed by atoms with Gasteiger partial charge in [-0.25, -0.2) is 4.79 Å². The maximum Gasteiger partial charge on any atom is 0.415 e. The number of likely N-dealkylation sites (tertiary alicyclic amines) is 1. The van der Waals surface area contributed by atoms with E-state index in [9.17, 15) is 29.1 Å². The number of carbonyl (C=O) groups is 5. The fourth-order valence-corrected chi connectivity index (χ4v) is 8.35. The minimum Gasteiger partial charge on any atom is -0.410 e. The third-order valence-corrected chi connectivity index (χ3v) is 12.0. The molecule has 0 unspecified atom stereocenters. The highest BCUT2D eigenvalue weighted by Gasteiger charge is 2.43. The second kappa shape index (κ2) is 23.5. The number of nitrogens with one attached hydrogen (secondary N) is 2. The topological polar surface area (TPSA) is 167 Å². The smallest absolute Gasteiger partial charge is 0.410 e. The average Bonchev–Trinajstić information content (AvgIpc) is 3.72. The fourth-order valence-electron chi connectivity index (χ4n) is 8.35. The molecule has 14 heteroatoms. The third-order valence-electron chi connectivity index (χ3n) is 12.0. The molecule has 60 heavy (non-hydrogen) atoms. The summed E-state index contributed by atoms with van der Waals surface area (Å²) in [7, 11) is 6.25. The molecule has 14 nitrogen and oxygen atoms in total. The quantitative estimate of drug-likeness (QED) is 0.148. The number of carbonyl (C=O) groups excluding carboxylic acids is 5. The molecule has 1 aliphatic rings. The molecule has 0 spiro atoms. The van der Waals surface area contributed by atoms with Crippen LogP contribution in [0.25, 0.3) is 0 Å². The lowest BCUT2D eigenvalue weighted by atomic mass is 9.89. The van der Waals surface area contributed by atoms with E-state index in [-0.39, 0.29) is 47.9 Å². The predicted octanol–water partition coefficient (Wildman–Crippen LogP) is 5.44. The number of amides is 5. The number of methoxy groups -OCH3 is 2. The lowest BCUT2D eigenvalue weighted by Gasteiger charge is -2.41. The van der Waals surface area contributed by atoms with Crippen LogP contribution >= 0.6 is 0 Å². The fraction of sp³-hybridized carbons (Fsp3) is 0.630. The van der Waals surface area contributed by atoms with Gasteiger partial charge in [0.2, 0.25) is 23.6 Å². The summed E-state index contributed by atoms with van der Waals surface area (Å²) in [5.41, 5.74) is 0.694. The number of hydrogen-bond donors (Lipinski definition) is 3. The molecule has 0 saturated carbocycles. The minimum absolute atomic E-state index is 0.0284. The number of likely N-dealkylation sites (N-methyl/N-ethyl adjacent to an activating group) is 2. The van der Waals surface area contributed by atoms with Crippen LogP contribution in [0.1, 0.15) is 92.7 Å². The molecule has 5 amide bonds. The molecule has 2 aromatic rings. The Labute approximate surface area is 357 Å². The molecular formula is C46H71N5O9. The highest BCUT2D eigenvalue weighted by molar-refractivity contribution is 5.92. The van der Waals surface area contributed by atoms with Crippen LogP contribution in [0.3, 0.4) is 0 Å². The molecule has 334 valence electrons. The van der Waals surface area contributed by atoms with Crippen molar-refractivity contribution in [3.8, 4) is 5.75 Å². The van der Waals surface area contributed by atoms with Gasteiger partial charge < -0.3 is 39.8 Å². The summed E-state index contributed by atoms with van der Waals surface area (Å²) in [4.78, 5) is 74.0. The summed E-state index contributed by atoms with van der Waals surface area (Å²) in [6, 6.07) is 14.4. The van der Waals surface area contributed by atoms with Crippen LogP contribution in [0.5, 0.6) is 5.75 Å². The highest BCUT2D eigenvalue weighted by atomic mass is 16.6. The summed E-state index contributed by atoms with van der Waals surface area (Å²) >= 11 is 0. The molecular weight excluding hydrogens is 767 g/mol. The Balaban J connectivity index is 1.77. The van der Waals surface area contributed by atoms with Crippen molar-refractivity contribution in [1.82, 2.24) is 25.3 Å².